The van der Waals surface area contributed by atoms with E-state index >= 15 is 0 Å². The van der Waals surface area contributed by atoms with Crippen LogP contribution < -0.4 is 21.3 Å². The minimum absolute atomic E-state index is 0.417. The van der Waals surface area contributed by atoms with Crippen molar-refractivity contribution in [3.05, 3.63) is 80.8 Å². The van der Waals surface area contributed by atoms with Gasteiger partial charge in [-0.1, -0.05) is 35.3 Å². The lowest BCUT2D eigenvalue weighted by molar-refractivity contribution is 1.38. The van der Waals surface area contributed by atoms with E-state index in [1.165, 1.54) is 0 Å². The number of benzene rings is 3. The Labute approximate surface area is 209 Å². The predicted molar refractivity (Wildman–Crippen MR) is 148 cm³/mol. The van der Waals surface area contributed by atoms with Crippen molar-refractivity contribution in [1.82, 2.24) is 0 Å². The fourth-order valence-corrected chi connectivity index (χ4v) is 4.28. The van der Waals surface area contributed by atoms with E-state index in [1.807, 2.05) is 52.0 Å². The molecule has 0 heterocycles. The fraction of sp³-hybridized carbons (Fsp3) is 0.167. The first-order valence-corrected chi connectivity index (χ1v) is 11.5. The Morgan fingerprint density at radius 3 is 1.16 bits per heavy atom. The number of thiocarbonyl (C=S) groups is 2. The molecule has 166 valence electrons. The van der Waals surface area contributed by atoms with Crippen molar-refractivity contribution in [2.45, 2.75) is 27.7 Å². The van der Waals surface area contributed by atoms with Gasteiger partial charge in [-0.3, -0.25) is 0 Å². The van der Waals surface area contributed by atoms with Gasteiger partial charge in [0.25, 0.3) is 0 Å². The lowest BCUT2D eigenvalue weighted by atomic mass is 10.1. The first kappa shape index (κ1) is 24.3. The monoisotopic (exact) mass is 502 g/mol. The molecule has 3 aromatic rings. The van der Waals surface area contributed by atoms with E-state index in [1.54, 1.807) is 12.1 Å². The molecule has 0 fully saturated rings. The molecule has 0 spiro atoms. The normalized spacial score (nSPS) is 10.4. The second-order valence-electron chi connectivity index (χ2n) is 7.72. The van der Waals surface area contributed by atoms with Crippen LogP contribution in [0.2, 0.25) is 10.0 Å². The summed E-state index contributed by atoms with van der Waals surface area (Å²) in [4.78, 5) is 0. The predicted octanol–water partition coefficient (Wildman–Crippen LogP) is 7.84. The molecule has 0 aliphatic carbocycles. The van der Waals surface area contributed by atoms with Gasteiger partial charge in [-0.25, -0.2) is 0 Å². The molecule has 0 saturated heterocycles. The van der Waals surface area contributed by atoms with Crippen molar-refractivity contribution < 1.29 is 0 Å². The van der Waals surface area contributed by atoms with E-state index in [0.29, 0.717) is 31.6 Å². The third-order valence-electron chi connectivity index (χ3n) is 4.51. The van der Waals surface area contributed by atoms with Crippen molar-refractivity contribution in [3.63, 3.8) is 0 Å². The average molecular weight is 504 g/mol. The standard InChI is InChI=1S/C24H24Cl2N4S2/c1-13-5-14(2)8-17(7-13)27-23(31)29-21-11-20(26)22(12-19(21)25)30-24(32)28-18-9-15(3)6-16(4)10-18/h5-12H,1-4H3,(H2,27,29,31)(H2,28,30,32). The molecule has 0 amide bonds. The summed E-state index contributed by atoms with van der Waals surface area (Å²) >= 11 is 23.8. The van der Waals surface area contributed by atoms with Crippen molar-refractivity contribution in [2.75, 3.05) is 21.3 Å². The van der Waals surface area contributed by atoms with E-state index in [0.717, 1.165) is 33.6 Å². The zero-order chi connectivity index (χ0) is 23.4. The Morgan fingerprint density at radius 1 is 0.531 bits per heavy atom. The highest BCUT2D eigenvalue weighted by Crippen LogP contribution is 2.33. The Kier molecular flexibility index (Phi) is 7.96. The minimum atomic E-state index is 0.417. The fourth-order valence-electron chi connectivity index (χ4n) is 3.40. The molecule has 0 aromatic heterocycles. The smallest absolute Gasteiger partial charge is 0.175 e. The Morgan fingerprint density at radius 2 is 0.844 bits per heavy atom. The van der Waals surface area contributed by atoms with Crippen LogP contribution in [0.25, 0.3) is 0 Å². The number of aryl methyl sites for hydroxylation is 4. The molecule has 0 unspecified atom stereocenters. The van der Waals surface area contributed by atoms with Crippen LogP contribution in [0.15, 0.2) is 48.5 Å². The Hall–Kier alpha value is -2.38. The van der Waals surface area contributed by atoms with Gasteiger partial charge in [0.2, 0.25) is 0 Å². The highest BCUT2D eigenvalue weighted by Gasteiger charge is 2.11. The summed E-state index contributed by atoms with van der Waals surface area (Å²) in [5.74, 6) is 0. The van der Waals surface area contributed by atoms with Crippen LogP contribution in [0.1, 0.15) is 22.3 Å². The zero-order valence-electron chi connectivity index (χ0n) is 18.2. The largest absolute Gasteiger partial charge is 0.332 e. The second-order valence-corrected chi connectivity index (χ2v) is 9.35. The molecule has 0 aliphatic rings. The number of hydrogen-bond acceptors (Lipinski definition) is 2. The van der Waals surface area contributed by atoms with E-state index in [4.69, 9.17) is 47.6 Å². The van der Waals surface area contributed by atoms with E-state index < -0.39 is 0 Å². The lowest BCUT2D eigenvalue weighted by Gasteiger charge is -2.16. The van der Waals surface area contributed by atoms with Gasteiger partial charge in [0.1, 0.15) is 0 Å². The summed E-state index contributed by atoms with van der Waals surface area (Å²) in [6.07, 6.45) is 0. The summed E-state index contributed by atoms with van der Waals surface area (Å²) in [5, 5.41) is 14.3. The van der Waals surface area contributed by atoms with Gasteiger partial charge in [-0.2, -0.15) is 0 Å². The Bertz CT molecular complexity index is 1060. The summed E-state index contributed by atoms with van der Waals surface area (Å²) in [5.41, 5.74) is 7.60. The van der Waals surface area contributed by atoms with Gasteiger partial charge in [0.05, 0.1) is 21.4 Å². The number of halogens is 2. The molecule has 32 heavy (non-hydrogen) atoms. The molecular weight excluding hydrogens is 479 g/mol. The molecular formula is C24H24Cl2N4S2. The van der Waals surface area contributed by atoms with E-state index in [2.05, 4.69) is 33.4 Å². The summed E-state index contributed by atoms with van der Waals surface area (Å²) in [7, 11) is 0. The third-order valence-corrected chi connectivity index (χ3v) is 5.55. The van der Waals surface area contributed by atoms with Crippen molar-refractivity contribution in [2.24, 2.45) is 0 Å². The van der Waals surface area contributed by atoms with Crippen LogP contribution in [0.5, 0.6) is 0 Å². The topological polar surface area (TPSA) is 48.1 Å². The van der Waals surface area contributed by atoms with Crippen molar-refractivity contribution in [3.8, 4) is 0 Å². The van der Waals surface area contributed by atoms with Gasteiger partial charge in [0, 0.05) is 11.4 Å². The first-order chi connectivity index (χ1) is 15.1. The molecule has 0 atom stereocenters. The van der Waals surface area contributed by atoms with E-state index in [9.17, 15) is 0 Å². The van der Waals surface area contributed by atoms with Crippen LogP contribution >= 0.6 is 47.6 Å². The highest BCUT2D eigenvalue weighted by molar-refractivity contribution is 7.81. The summed E-state index contributed by atoms with van der Waals surface area (Å²) in [6.45, 7) is 8.15. The molecule has 0 bridgehead atoms. The van der Waals surface area contributed by atoms with Crippen LogP contribution in [0, 0.1) is 27.7 Å². The SMILES string of the molecule is Cc1cc(C)cc(NC(=S)Nc2cc(Cl)c(NC(=S)Nc3cc(C)cc(C)c3)cc2Cl)c1. The molecule has 8 heteroatoms. The number of anilines is 4. The molecule has 3 rings (SSSR count). The maximum atomic E-state index is 6.47. The maximum absolute atomic E-state index is 6.47. The average Bonchev–Trinajstić information content (AvgIpc) is 2.63. The van der Waals surface area contributed by atoms with Gasteiger partial charge in [-0.05, 0) is 111 Å². The highest BCUT2D eigenvalue weighted by atomic mass is 35.5. The van der Waals surface area contributed by atoms with Crippen LogP contribution in [-0.2, 0) is 0 Å². The van der Waals surface area contributed by atoms with Gasteiger partial charge in [0.15, 0.2) is 10.2 Å². The van der Waals surface area contributed by atoms with Crippen molar-refractivity contribution >= 4 is 80.6 Å². The first-order valence-electron chi connectivity index (χ1n) is 9.91. The lowest BCUT2D eigenvalue weighted by Crippen LogP contribution is -2.21. The quantitative estimate of drug-likeness (QED) is 0.272. The number of rotatable bonds is 4. The summed E-state index contributed by atoms with van der Waals surface area (Å²) in [6, 6.07) is 15.7. The second kappa shape index (κ2) is 10.5. The van der Waals surface area contributed by atoms with Gasteiger partial charge < -0.3 is 21.3 Å². The third kappa shape index (κ3) is 6.81. The minimum Gasteiger partial charge on any atom is -0.332 e. The van der Waals surface area contributed by atoms with Gasteiger partial charge >= 0.3 is 0 Å². The Balaban J connectivity index is 1.67. The molecule has 3 aromatic carbocycles. The molecule has 0 saturated carbocycles. The summed E-state index contributed by atoms with van der Waals surface area (Å²) < 4.78 is 0. The van der Waals surface area contributed by atoms with Crippen molar-refractivity contribution in [1.29, 1.82) is 0 Å². The van der Waals surface area contributed by atoms with Crippen LogP contribution in [0.4, 0.5) is 22.7 Å². The molecule has 4 N–H and O–H groups in total. The van der Waals surface area contributed by atoms with Gasteiger partial charge in [-0.15, -0.1) is 0 Å². The molecule has 4 nitrogen and oxygen atoms in total. The van der Waals surface area contributed by atoms with E-state index in [-0.39, 0.29) is 0 Å². The number of nitrogens with one attached hydrogen (secondary N) is 4. The van der Waals surface area contributed by atoms with Crippen LogP contribution in [-0.4, -0.2) is 10.2 Å². The molecule has 0 aliphatic heterocycles. The van der Waals surface area contributed by atoms with Crippen LogP contribution in [0.3, 0.4) is 0 Å². The maximum Gasteiger partial charge on any atom is 0.175 e. The molecule has 0 radical (unpaired) electrons. The number of hydrogen-bond donors (Lipinski definition) is 4. The zero-order valence-corrected chi connectivity index (χ0v) is 21.3.